The number of nitro benzene ring substituents is 1. The van der Waals surface area contributed by atoms with E-state index in [1.54, 1.807) is 13.2 Å². The Kier molecular flexibility index (Phi) is 15.2. The molecule has 2 aromatic heterocycles. The third-order valence-electron chi connectivity index (χ3n) is 19.8. The minimum Gasteiger partial charge on any atom is -0.496 e. The van der Waals surface area contributed by atoms with E-state index in [-0.39, 0.29) is 34.7 Å². The fourth-order valence-corrected chi connectivity index (χ4v) is 15.7. The van der Waals surface area contributed by atoms with Crippen LogP contribution in [0.25, 0.3) is 11.0 Å². The fourth-order valence-electron chi connectivity index (χ4n) is 14.7. The van der Waals surface area contributed by atoms with Gasteiger partial charge >= 0.3 is 0 Å². The van der Waals surface area contributed by atoms with Crippen molar-refractivity contribution in [3.05, 3.63) is 135 Å². The Morgan fingerprint density at radius 2 is 1.71 bits per heavy atom. The molecule has 0 bridgehead atoms. The summed E-state index contributed by atoms with van der Waals surface area (Å²) in [5, 5.41) is 26.9. The summed E-state index contributed by atoms with van der Waals surface area (Å²) in [4.78, 5) is 44.3. The normalized spacial score (nSPS) is 24.7. The van der Waals surface area contributed by atoms with Gasteiger partial charge in [-0.1, -0.05) is 50.2 Å². The SMILES string of the molecule is COc1cc(CN2CCN(C3CC4(CCN(c5ccc(C(=O)NS(=O)(=O)c6ccc(NCC7CCC(C)(O)CC7)c([N+](=O)[O-])c6)c(N6c7cc8cc[nH]c8nc7O[C@H]7COCC[C@@H]76)c5)CC4)C3)[C@H](c3ccccc3C(C)C)C2)ccc1C1CC1. The maximum Gasteiger partial charge on any atom is 0.293 e. The number of benzene rings is 4. The maximum absolute atomic E-state index is 14.9. The molecule has 444 valence electrons. The van der Waals surface area contributed by atoms with Crippen LogP contribution in [-0.4, -0.2) is 128 Å². The topological polar surface area (TPSA) is 208 Å². The van der Waals surface area contributed by atoms with Crippen molar-refractivity contribution in [1.82, 2.24) is 24.5 Å². The minimum absolute atomic E-state index is 0.115. The first-order valence-corrected chi connectivity index (χ1v) is 32.0. The lowest BCUT2D eigenvalue weighted by Crippen LogP contribution is -2.60. The number of amides is 1. The number of rotatable bonds is 16. The van der Waals surface area contributed by atoms with Crippen LogP contribution in [0, 0.1) is 21.4 Å². The number of nitro groups is 1. The number of nitrogens with one attached hydrogen (secondary N) is 3. The average Bonchev–Trinajstić information content (AvgIpc) is 1.84. The highest BCUT2D eigenvalue weighted by Gasteiger charge is 2.51. The number of carbonyl (C=O) groups excluding carboxylic acids is 1. The van der Waals surface area contributed by atoms with E-state index in [1.807, 2.05) is 37.4 Å². The Labute approximate surface area is 492 Å². The van der Waals surface area contributed by atoms with Crippen molar-refractivity contribution in [3.8, 4) is 11.6 Å². The first-order valence-electron chi connectivity index (χ1n) is 30.5. The summed E-state index contributed by atoms with van der Waals surface area (Å²) in [6.07, 6.45) is 11.5. The highest BCUT2D eigenvalue weighted by atomic mass is 32.2. The number of aliphatic hydroxyl groups is 1. The molecular weight excluding hydrogens is 1080 g/mol. The number of anilines is 4. The summed E-state index contributed by atoms with van der Waals surface area (Å²) in [7, 11) is -2.84. The Balaban J connectivity index is 0.750. The Morgan fingerprint density at radius 3 is 2.48 bits per heavy atom. The number of piperazine rings is 1. The van der Waals surface area contributed by atoms with Gasteiger partial charge in [-0.05, 0) is 172 Å². The number of aromatic nitrogens is 2. The molecule has 0 radical (unpaired) electrons. The summed E-state index contributed by atoms with van der Waals surface area (Å²) in [5.41, 5.74) is 7.58. The van der Waals surface area contributed by atoms with Crippen LogP contribution in [-0.2, 0) is 21.3 Å². The van der Waals surface area contributed by atoms with Gasteiger partial charge in [0.05, 0.1) is 46.4 Å². The van der Waals surface area contributed by atoms with Gasteiger partial charge in [0.15, 0.2) is 0 Å². The zero-order valence-electron chi connectivity index (χ0n) is 48.7. The van der Waals surface area contributed by atoms with E-state index in [2.05, 4.69) is 90.9 Å². The molecule has 4 aliphatic heterocycles. The highest BCUT2D eigenvalue weighted by molar-refractivity contribution is 7.90. The smallest absolute Gasteiger partial charge is 0.293 e. The number of pyridine rings is 1. The van der Waals surface area contributed by atoms with Crippen LogP contribution >= 0.6 is 0 Å². The molecule has 0 unspecified atom stereocenters. The second-order valence-electron chi connectivity index (χ2n) is 25.8. The molecule has 3 saturated carbocycles. The van der Waals surface area contributed by atoms with Gasteiger partial charge in [-0.15, -0.1) is 0 Å². The van der Waals surface area contributed by atoms with Crippen molar-refractivity contribution in [2.24, 2.45) is 11.3 Å². The fraction of sp³-hybridized carbons (Fsp3) is 0.508. The van der Waals surface area contributed by atoms with E-state index in [0.717, 1.165) is 101 Å². The average molecular weight is 1160 g/mol. The summed E-state index contributed by atoms with van der Waals surface area (Å²) >= 11 is 0. The molecule has 18 nitrogen and oxygen atoms in total. The zero-order valence-corrected chi connectivity index (χ0v) is 49.5. The van der Waals surface area contributed by atoms with Crippen molar-refractivity contribution in [2.45, 2.75) is 145 Å². The molecule has 19 heteroatoms. The first-order chi connectivity index (χ1) is 40.5. The molecule has 1 amide bonds. The van der Waals surface area contributed by atoms with E-state index in [1.165, 1.54) is 47.2 Å². The molecule has 6 fully saturated rings. The minimum atomic E-state index is -4.64. The van der Waals surface area contributed by atoms with E-state index < -0.39 is 43.1 Å². The molecule has 3 aliphatic carbocycles. The van der Waals surface area contributed by atoms with Crippen molar-refractivity contribution >= 4 is 55.4 Å². The van der Waals surface area contributed by atoms with E-state index >= 15 is 0 Å². The van der Waals surface area contributed by atoms with Crippen LogP contribution in [0.1, 0.15) is 142 Å². The van der Waals surface area contributed by atoms with Crippen LogP contribution in [0.5, 0.6) is 11.6 Å². The van der Waals surface area contributed by atoms with E-state index in [0.29, 0.717) is 79.8 Å². The lowest BCUT2D eigenvalue weighted by Gasteiger charge is -2.58. The third-order valence-corrected chi connectivity index (χ3v) is 21.1. The van der Waals surface area contributed by atoms with E-state index in [4.69, 9.17) is 19.2 Å². The van der Waals surface area contributed by atoms with Crippen LogP contribution in [0.3, 0.4) is 0 Å². The molecule has 3 atom stereocenters. The highest BCUT2D eigenvalue weighted by Crippen LogP contribution is 2.54. The van der Waals surface area contributed by atoms with Gasteiger partial charge in [0, 0.05) is 87.8 Å². The van der Waals surface area contributed by atoms with Crippen molar-refractivity contribution in [1.29, 1.82) is 0 Å². The number of aromatic amines is 1. The monoisotopic (exact) mass is 1160 g/mol. The second kappa shape index (κ2) is 22.6. The molecule has 1 spiro atoms. The standard InChI is InChI=1S/C65H79N9O9S/c1-41(2)49-7-5-6-8-51(49)58-39-70(38-43-9-14-50(44-10-11-44)59(31-43)81-4)28-29-72(58)47-35-65(36-47)23-26-71(27-24-65)46-12-15-52(55(33-46)73-54-20-30-82-40-60(54)83-63-57(73)32-45-19-25-66-61(45)68-63)62(75)69-84(79,80)48-13-16-53(56(34-48)74(77)78)67-37-42-17-21-64(3,76)22-18-42/h5-9,12-16,19,25,31-34,41-42,44,47,54,58,60,67,76H,10-11,17-18,20-24,26-30,35-40H2,1-4H3,(H,66,68)(H,69,75)/t42?,54-,58-,60-,64?/m0/s1. The number of hydrogen-bond donors (Lipinski definition) is 4. The van der Waals surface area contributed by atoms with Crippen LogP contribution in [0.2, 0.25) is 0 Å². The summed E-state index contributed by atoms with van der Waals surface area (Å²) in [6.45, 7) is 13.1. The summed E-state index contributed by atoms with van der Waals surface area (Å²) in [6, 6.07) is 29.6. The van der Waals surface area contributed by atoms with Crippen molar-refractivity contribution < 1.29 is 37.5 Å². The Morgan fingerprint density at radius 1 is 0.917 bits per heavy atom. The number of sulfonamides is 1. The first kappa shape index (κ1) is 56.4. The number of H-pyrrole nitrogens is 1. The number of methoxy groups -OCH3 is 1. The third kappa shape index (κ3) is 11.2. The van der Waals surface area contributed by atoms with Gasteiger partial charge in [-0.2, -0.15) is 4.98 Å². The number of hydrogen-bond acceptors (Lipinski definition) is 15. The van der Waals surface area contributed by atoms with Crippen LogP contribution in [0.15, 0.2) is 102 Å². The van der Waals surface area contributed by atoms with Crippen LogP contribution in [0.4, 0.5) is 28.4 Å². The Bertz CT molecular complexity index is 3560. The predicted molar refractivity (Wildman–Crippen MR) is 324 cm³/mol. The van der Waals surface area contributed by atoms with Gasteiger partial charge in [-0.25, -0.2) is 13.1 Å². The van der Waals surface area contributed by atoms with E-state index in [9.17, 15) is 28.4 Å². The van der Waals surface area contributed by atoms with Gasteiger partial charge in [0.25, 0.3) is 21.6 Å². The molecule has 13 rings (SSSR count). The second-order valence-corrected chi connectivity index (χ2v) is 27.4. The van der Waals surface area contributed by atoms with Crippen molar-refractivity contribution in [2.75, 3.05) is 74.7 Å². The molecular formula is C65H79N9O9S. The lowest BCUT2D eigenvalue weighted by atomic mass is 9.59. The number of ether oxygens (including phenoxy) is 3. The summed E-state index contributed by atoms with van der Waals surface area (Å²) in [5.74, 6) is 1.75. The summed E-state index contributed by atoms with van der Waals surface area (Å²) < 4.78 is 49.4. The Hall–Kier alpha value is -6.77. The van der Waals surface area contributed by atoms with Gasteiger partial charge in [0.2, 0.25) is 5.88 Å². The van der Waals surface area contributed by atoms with Crippen LogP contribution < -0.4 is 29.3 Å². The molecule has 4 N–H and O–H groups in total. The molecule has 84 heavy (non-hydrogen) atoms. The lowest BCUT2D eigenvalue weighted by molar-refractivity contribution is -0.384. The van der Waals surface area contributed by atoms with Gasteiger partial charge in [0.1, 0.15) is 28.9 Å². The van der Waals surface area contributed by atoms with Gasteiger partial charge in [-0.3, -0.25) is 24.7 Å². The predicted octanol–water partition coefficient (Wildman–Crippen LogP) is 10.9. The zero-order chi connectivity index (χ0) is 58.1. The number of carbonyl (C=O) groups is 1. The largest absolute Gasteiger partial charge is 0.496 e. The maximum atomic E-state index is 14.9. The quantitative estimate of drug-likeness (QED) is 0.0525. The molecule has 7 aliphatic rings. The molecule has 6 aromatic rings. The van der Waals surface area contributed by atoms with Crippen molar-refractivity contribution in [3.63, 3.8) is 0 Å². The molecule has 3 saturated heterocycles. The van der Waals surface area contributed by atoms with Gasteiger partial charge < -0.3 is 39.4 Å². The number of fused-ring (bicyclic) bond motifs is 3. The number of piperidine rings is 1. The molecule has 6 heterocycles. The number of nitrogens with zero attached hydrogens (tertiary/aromatic N) is 6. The molecule has 4 aromatic carbocycles.